The van der Waals surface area contributed by atoms with E-state index in [1.54, 1.807) is 0 Å². The zero-order valence-electron chi connectivity index (χ0n) is 16.8. The van der Waals surface area contributed by atoms with Crippen molar-refractivity contribution in [2.75, 3.05) is 49.1 Å². The van der Waals surface area contributed by atoms with E-state index in [1.807, 2.05) is 26.0 Å². The third kappa shape index (κ3) is 4.11. The van der Waals surface area contributed by atoms with E-state index >= 15 is 0 Å². The summed E-state index contributed by atoms with van der Waals surface area (Å²) in [5.74, 6) is 1.26. The minimum absolute atomic E-state index is 0.130. The van der Waals surface area contributed by atoms with E-state index in [0.29, 0.717) is 5.91 Å². The molecule has 2 aromatic rings. The highest BCUT2D eigenvalue weighted by Crippen LogP contribution is 2.24. The van der Waals surface area contributed by atoms with Crippen molar-refractivity contribution in [2.45, 2.75) is 26.7 Å². The van der Waals surface area contributed by atoms with Crippen molar-refractivity contribution >= 4 is 17.5 Å². The van der Waals surface area contributed by atoms with E-state index in [9.17, 15) is 4.79 Å². The highest BCUT2D eigenvalue weighted by atomic mass is 16.2. The second kappa shape index (κ2) is 8.17. The number of aryl methyl sites for hydroxylation is 2. The van der Waals surface area contributed by atoms with Crippen molar-refractivity contribution in [3.63, 3.8) is 0 Å². The number of aromatic nitrogens is 2. The van der Waals surface area contributed by atoms with Crippen LogP contribution in [0.4, 0.5) is 11.6 Å². The van der Waals surface area contributed by atoms with Crippen molar-refractivity contribution in [1.29, 1.82) is 0 Å². The number of rotatable bonds is 3. The van der Waals surface area contributed by atoms with Gasteiger partial charge in [0.25, 0.3) is 0 Å². The lowest BCUT2D eigenvalue weighted by atomic mass is 9.95. The summed E-state index contributed by atoms with van der Waals surface area (Å²) in [6.45, 7) is 9.15. The standard InChI is InChI=1S/C22H29N5O/c1-17-16-18(2)24-22(23-17)27-10-8-19(9-11-27)21(28)26-14-12-25(13-15-26)20-6-4-3-5-7-20/h3-7,16,19H,8-15H2,1-2H3. The number of anilines is 2. The summed E-state index contributed by atoms with van der Waals surface area (Å²) in [4.78, 5) is 28.8. The Morgan fingerprint density at radius 1 is 0.857 bits per heavy atom. The Bertz CT molecular complexity index is 789. The van der Waals surface area contributed by atoms with Gasteiger partial charge in [-0.15, -0.1) is 0 Å². The number of benzene rings is 1. The van der Waals surface area contributed by atoms with Crippen LogP contribution < -0.4 is 9.80 Å². The van der Waals surface area contributed by atoms with Gasteiger partial charge in [-0.2, -0.15) is 0 Å². The lowest BCUT2D eigenvalue weighted by Crippen LogP contribution is -2.51. The van der Waals surface area contributed by atoms with Gasteiger partial charge in [-0.3, -0.25) is 4.79 Å². The van der Waals surface area contributed by atoms with Crippen LogP contribution in [0.1, 0.15) is 24.2 Å². The third-order valence-electron chi connectivity index (χ3n) is 5.81. The second-order valence-corrected chi connectivity index (χ2v) is 7.86. The van der Waals surface area contributed by atoms with Gasteiger partial charge in [0.1, 0.15) is 0 Å². The number of para-hydroxylation sites is 1. The average Bonchev–Trinajstić information content (AvgIpc) is 2.73. The molecule has 148 valence electrons. The molecule has 2 saturated heterocycles. The minimum atomic E-state index is 0.130. The van der Waals surface area contributed by atoms with E-state index in [2.05, 4.69) is 48.9 Å². The van der Waals surface area contributed by atoms with Crippen molar-refractivity contribution in [2.24, 2.45) is 5.92 Å². The topological polar surface area (TPSA) is 52.6 Å². The molecule has 0 saturated carbocycles. The Morgan fingerprint density at radius 2 is 1.46 bits per heavy atom. The molecule has 1 aromatic heterocycles. The number of nitrogens with zero attached hydrogens (tertiary/aromatic N) is 5. The molecule has 1 amide bonds. The summed E-state index contributed by atoms with van der Waals surface area (Å²) in [5, 5.41) is 0. The molecule has 0 atom stereocenters. The average molecular weight is 380 g/mol. The molecule has 2 aliphatic rings. The molecule has 28 heavy (non-hydrogen) atoms. The molecule has 0 spiro atoms. The van der Waals surface area contributed by atoms with Gasteiger partial charge < -0.3 is 14.7 Å². The van der Waals surface area contributed by atoms with Crippen molar-refractivity contribution in [3.05, 3.63) is 47.8 Å². The zero-order chi connectivity index (χ0) is 19.5. The predicted octanol–water partition coefficient (Wildman–Crippen LogP) is 2.66. The van der Waals surface area contributed by atoms with Gasteiger partial charge in [-0.05, 0) is 44.9 Å². The van der Waals surface area contributed by atoms with Crippen molar-refractivity contribution < 1.29 is 4.79 Å². The Labute approximate surface area is 167 Å². The number of piperazine rings is 1. The highest BCUT2D eigenvalue weighted by Gasteiger charge is 2.31. The summed E-state index contributed by atoms with van der Waals surface area (Å²) in [5.41, 5.74) is 3.24. The number of carbonyl (C=O) groups excluding carboxylic acids is 1. The van der Waals surface area contributed by atoms with Gasteiger partial charge >= 0.3 is 0 Å². The maximum atomic E-state index is 13.0. The summed E-state index contributed by atoms with van der Waals surface area (Å²) in [6.07, 6.45) is 1.77. The van der Waals surface area contributed by atoms with E-state index in [-0.39, 0.29) is 5.92 Å². The molecule has 0 radical (unpaired) electrons. The third-order valence-corrected chi connectivity index (χ3v) is 5.81. The molecule has 6 heteroatoms. The smallest absolute Gasteiger partial charge is 0.225 e. The van der Waals surface area contributed by atoms with Gasteiger partial charge in [0.2, 0.25) is 11.9 Å². The monoisotopic (exact) mass is 379 g/mol. The zero-order valence-corrected chi connectivity index (χ0v) is 16.8. The molecule has 4 rings (SSSR count). The quantitative estimate of drug-likeness (QED) is 0.821. The van der Waals surface area contributed by atoms with Crippen molar-refractivity contribution in [1.82, 2.24) is 14.9 Å². The van der Waals surface area contributed by atoms with Crippen LogP contribution in [0.25, 0.3) is 0 Å². The molecule has 2 aliphatic heterocycles. The summed E-state index contributed by atoms with van der Waals surface area (Å²) >= 11 is 0. The molecule has 1 aromatic carbocycles. The van der Waals surface area contributed by atoms with Gasteiger partial charge in [-0.25, -0.2) is 9.97 Å². The molecule has 0 aliphatic carbocycles. The maximum absolute atomic E-state index is 13.0. The Hall–Kier alpha value is -2.63. The van der Waals surface area contributed by atoms with Gasteiger partial charge in [0, 0.05) is 62.3 Å². The Balaban J connectivity index is 1.30. The van der Waals surface area contributed by atoms with E-state index in [1.165, 1.54) is 5.69 Å². The first kappa shape index (κ1) is 18.7. The predicted molar refractivity (Wildman–Crippen MR) is 112 cm³/mol. The molecule has 0 bridgehead atoms. The van der Waals surface area contributed by atoms with E-state index in [4.69, 9.17) is 0 Å². The summed E-state index contributed by atoms with van der Waals surface area (Å²) in [6, 6.07) is 12.5. The van der Waals surface area contributed by atoms with Crippen LogP contribution in [0.5, 0.6) is 0 Å². The number of piperidine rings is 1. The number of amides is 1. The van der Waals surface area contributed by atoms with Crippen LogP contribution in [-0.2, 0) is 4.79 Å². The first-order valence-corrected chi connectivity index (χ1v) is 10.3. The Kier molecular flexibility index (Phi) is 5.46. The number of hydrogen-bond acceptors (Lipinski definition) is 5. The molecule has 2 fully saturated rings. The van der Waals surface area contributed by atoms with Crippen LogP contribution in [0.15, 0.2) is 36.4 Å². The second-order valence-electron chi connectivity index (χ2n) is 7.86. The number of hydrogen-bond donors (Lipinski definition) is 0. The van der Waals surface area contributed by atoms with Gasteiger partial charge in [0.05, 0.1) is 0 Å². The van der Waals surface area contributed by atoms with Gasteiger partial charge in [-0.1, -0.05) is 18.2 Å². The molecular formula is C22H29N5O. The summed E-state index contributed by atoms with van der Waals surface area (Å²) < 4.78 is 0. The molecule has 0 N–H and O–H groups in total. The highest BCUT2D eigenvalue weighted by molar-refractivity contribution is 5.79. The molecule has 3 heterocycles. The molecular weight excluding hydrogens is 350 g/mol. The SMILES string of the molecule is Cc1cc(C)nc(N2CCC(C(=O)N3CCN(c4ccccc4)CC3)CC2)n1. The summed E-state index contributed by atoms with van der Waals surface area (Å²) in [7, 11) is 0. The van der Waals surface area contributed by atoms with Crippen LogP contribution in [0, 0.1) is 19.8 Å². The fourth-order valence-electron chi connectivity index (χ4n) is 4.26. The first-order valence-electron chi connectivity index (χ1n) is 10.3. The van der Waals surface area contributed by atoms with Crippen LogP contribution in [0.3, 0.4) is 0 Å². The lowest BCUT2D eigenvalue weighted by molar-refractivity contribution is -0.136. The maximum Gasteiger partial charge on any atom is 0.225 e. The first-order chi connectivity index (χ1) is 13.6. The fourth-order valence-corrected chi connectivity index (χ4v) is 4.26. The number of carbonyl (C=O) groups is 1. The molecule has 0 unspecified atom stereocenters. The fraction of sp³-hybridized carbons (Fsp3) is 0.500. The normalized spacial score (nSPS) is 18.4. The van der Waals surface area contributed by atoms with Crippen LogP contribution in [-0.4, -0.2) is 60.0 Å². The minimum Gasteiger partial charge on any atom is -0.368 e. The van der Waals surface area contributed by atoms with Crippen LogP contribution in [0.2, 0.25) is 0 Å². The lowest BCUT2D eigenvalue weighted by Gasteiger charge is -2.39. The van der Waals surface area contributed by atoms with E-state index in [0.717, 1.165) is 69.4 Å². The molecule has 6 nitrogen and oxygen atoms in total. The van der Waals surface area contributed by atoms with Gasteiger partial charge in [0.15, 0.2) is 0 Å². The largest absolute Gasteiger partial charge is 0.368 e. The van der Waals surface area contributed by atoms with E-state index < -0.39 is 0 Å². The van der Waals surface area contributed by atoms with Crippen LogP contribution >= 0.6 is 0 Å². The Morgan fingerprint density at radius 3 is 2.07 bits per heavy atom. The van der Waals surface area contributed by atoms with Crippen molar-refractivity contribution in [3.8, 4) is 0 Å².